The molecule has 0 bridgehead atoms. The number of hydrogen-bond donors (Lipinski definition) is 2. The van der Waals surface area contributed by atoms with E-state index in [0.717, 1.165) is 37.3 Å². The predicted molar refractivity (Wildman–Crippen MR) is 93.6 cm³/mol. The summed E-state index contributed by atoms with van der Waals surface area (Å²) in [5.41, 5.74) is 2.48. The Kier molecular flexibility index (Phi) is 4.79. The smallest absolute Gasteiger partial charge is 0.335 e. The van der Waals surface area contributed by atoms with Gasteiger partial charge in [-0.05, 0) is 36.6 Å². The van der Waals surface area contributed by atoms with Crippen LogP contribution in [0.15, 0.2) is 48.5 Å². The summed E-state index contributed by atoms with van der Waals surface area (Å²) in [6.45, 7) is 1.99. The molecule has 1 aliphatic rings. The number of benzene rings is 2. The third-order valence-electron chi connectivity index (χ3n) is 4.22. The Morgan fingerprint density at radius 1 is 1.00 bits per heavy atom. The van der Waals surface area contributed by atoms with Crippen LogP contribution in [-0.4, -0.2) is 30.1 Å². The molecule has 5 heteroatoms. The molecule has 124 valence electrons. The Labute approximate surface area is 140 Å². The van der Waals surface area contributed by atoms with E-state index in [1.54, 1.807) is 18.2 Å². The number of carboxylic acids is 1. The Bertz CT molecular complexity index is 752. The molecule has 1 saturated heterocycles. The van der Waals surface area contributed by atoms with Gasteiger partial charge in [0.05, 0.1) is 23.4 Å². The molecule has 24 heavy (non-hydrogen) atoms. The molecule has 1 fully saturated rings. The molecule has 0 atom stereocenters. The molecule has 0 spiro atoms. The van der Waals surface area contributed by atoms with E-state index in [1.165, 1.54) is 6.07 Å². The number of aromatic carboxylic acids is 1. The van der Waals surface area contributed by atoms with Crippen LogP contribution >= 0.6 is 0 Å². The van der Waals surface area contributed by atoms with Gasteiger partial charge in [-0.2, -0.15) is 0 Å². The molecule has 3 rings (SSSR count). The first-order valence-electron chi connectivity index (χ1n) is 8.10. The summed E-state index contributed by atoms with van der Waals surface area (Å²) in [4.78, 5) is 25.9. The van der Waals surface area contributed by atoms with Crippen molar-refractivity contribution in [3.8, 4) is 0 Å². The highest BCUT2D eigenvalue weighted by atomic mass is 16.4. The first-order chi connectivity index (χ1) is 11.6. The van der Waals surface area contributed by atoms with Gasteiger partial charge in [0, 0.05) is 13.1 Å². The molecule has 0 aliphatic carbocycles. The highest BCUT2D eigenvalue weighted by Crippen LogP contribution is 2.28. The van der Waals surface area contributed by atoms with Gasteiger partial charge in [-0.25, -0.2) is 4.79 Å². The second-order valence-corrected chi connectivity index (χ2v) is 5.90. The van der Waals surface area contributed by atoms with E-state index < -0.39 is 5.97 Å². The summed E-state index contributed by atoms with van der Waals surface area (Å²) in [6, 6.07) is 14.3. The molecule has 1 aliphatic heterocycles. The van der Waals surface area contributed by atoms with Crippen LogP contribution in [0.25, 0.3) is 0 Å². The molecular weight excluding hydrogens is 304 g/mol. The van der Waals surface area contributed by atoms with Gasteiger partial charge >= 0.3 is 5.97 Å². The first-order valence-corrected chi connectivity index (χ1v) is 8.10. The zero-order valence-corrected chi connectivity index (χ0v) is 13.4. The lowest BCUT2D eigenvalue weighted by Crippen LogP contribution is -2.22. The van der Waals surface area contributed by atoms with Crippen LogP contribution in [-0.2, 0) is 11.2 Å². The Morgan fingerprint density at radius 2 is 1.67 bits per heavy atom. The van der Waals surface area contributed by atoms with Crippen LogP contribution in [0.4, 0.5) is 11.4 Å². The summed E-state index contributed by atoms with van der Waals surface area (Å²) in [6.07, 6.45) is 2.36. The van der Waals surface area contributed by atoms with E-state index in [2.05, 4.69) is 10.2 Å². The lowest BCUT2D eigenvalue weighted by Gasteiger charge is -2.21. The monoisotopic (exact) mass is 324 g/mol. The number of carbonyl (C=O) groups excluding carboxylic acids is 1. The topological polar surface area (TPSA) is 69.6 Å². The number of hydrogen-bond acceptors (Lipinski definition) is 3. The zero-order chi connectivity index (χ0) is 16.9. The van der Waals surface area contributed by atoms with Gasteiger partial charge in [-0.3, -0.25) is 4.79 Å². The van der Waals surface area contributed by atoms with Crippen molar-refractivity contribution >= 4 is 23.3 Å². The molecule has 1 heterocycles. The minimum absolute atomic E-state index is 0.0385. The highest BCUT2D eigenvalue weighted by Gasteiger charge is 2.17. The van der Waals surface area contributed by atoms with Crippen molar-refractivity contribution in [1.29, 1.82) is 0 Å². The van der Waals surface area contributed by atoms with Crippen molar-refractivity contribution in [3.05, 3.63) is 59.7 Å². The number of carboxylic acid groups (broad SMARTS) is 1. The van der Waals surface area contributed by atoms with Crippen molar-refractivity contribution in [2.45, 2.75) is 19.3 Å². The Hall–Kier alpha value is -2.82. The van der Waals surface area contributed by atoms with Gasteiger partial charge in [0.2, 0.25) is 5.91 Å². The summed E-state index contributed by atoms with van der Waals surface area (Å²) in [7, 11) is 0. The fourth-order valence-electron chi connectivity index (χ4n) is 3.06. The molecule has 2 aromatic rings. The number of rotatable bonds is 5. The lowest BCUT2D eigenvalue weighted by molar-refractivity contribution is -0.115. The third-order valence-corrected chi connectivity index (χ3v) is 4.22. The Morgan fingerprint density at radius 3 is 2.42 bits per heavy atom. The average Bonchev–Trinajstić information content (AvgIpc) is 3.10. The van der Waals surface area contributed by atoms with Crippen molar-refractivity contribution < 1.29 is 14.7 Å². The van der Waals surface area contributed by atoms with E-state index in [-0.39, 0.29) is 17.9 Å². The fourth-order valence-corrected chi connectivity index (χ4v) is 3.06. The third kappa shape index (κ3) is 3.56. The minimum atomic E-state index is -1.02. The van der Waals surface area contributed by atoms with E-state index in [1.807, 2.05) is 24.3 Å². The van der Waals surface area contributed by atoms with Crippen LogP contribution in [0, 0.1) is 0 Å². The molecule has 2 N–H and O–H groups in total. The maximum Gasteiger partial charge on any atom is 0.335 e. The largest absolute Gasteiger partial charge is 0.478 e. The molecule has 5 nitrogen and oxygen atoms in total. The standard InChI is InChI=1S/C19H20N2O3/c22-18(13-14-7-1-2-8-15(14)19(23)24)20-16-9-3-4-10-17(16)21-11-5-6-12-21/h1-4,7-10H,5-6,11-13H2,(H,20,22)(H,23,24). The molecule has 0 aromatic heterocycles. The number of nitrogens with zero attached hydrogens (tertiary/aromatic N) is 1. The molecule has 0 saturated carbocycles. The molecular formula is C19H20N2O3. The zero-order valence-electron chi connectivity index (χ0n) is 13.4. The van der Waals surface area contributed by atoms with Crippen LogP contribution in [0.3, 0.4) is 0 Å². The van der Waals surface area contributed by atoms with E-state index in [0.29, 0.717) is 5.56 Å². The molecule has 0 unspecified atom stereocenters. The first kappa shape index (κ1) is 16.1. The molecule has 2 aromatic carbocycles. The number of amides is 1. The van der Waals surface area contributed by atoms with Crippen LogP contribution in [0.5, 0.6) is 0 Å². The summed E-state index contributed by atoms with van der Waals surface area (Å²) >= 11 is 0. The van der Waals surface area contributed by atoms with Gasteiger partial charge in [-0.15, -0.1) is 0 Å². The van der Waals surface area contributed by atoms with E-state index in [9.17, 15) is 14.7 Å². The van der Waals surface area contributed by atoms with Crippen LogP contribution in [0.1, 0.15) is 28.8 Å². The maximum atomic E-state index is 12.4. The number of carbonyl (C=O) groups is 2. The second kappa shape index (κ2) is 7.17. The Balaban J connectivity index is 1.75. The maximum absolute atomic E-state index is 12.4. The number of para-hydroxylation sites is 2. The quantitative estimate of drug-likeness (QED) is 0.886. The van der Waals surface area contributed by atoms with Gasteiger partial charge in [-0.1, -0.05) is 30.3 Å². The van der Waals surface area contributed by atoms with Crippen LogP contribution in [0.2, 0.25) is 0 Å². The fraction of sp³-hybridized carbons (Fsp3) is 0.263. The minimum Gasteiger partial charge on any atom is -0.478 e. The van der Waals surface area contributed by atoms with Crippen molar-refractivity contribution in [2.75, 3.05) is 23.3 Å². The van der Waals surface area contributed by atoms with E-state index >= 15 is 0 Å². The van der Waals surface area contributed by atoms with Crippen molar-refractivity contribution in [3.63, 3.8) is 0 Å². The van der Waals surface area contributed by atoms with Gasteiger partial charge in [0.25, 0.3) is 0 Å². The number of anilines is 2. The highest BCUT2D eigenvalue weighted by molar-refractivity contribution is 5.98. The molecule has 0 radical (unpaired) electrons. The van der Waals surface area contributed by atoms with Gasteiger partial charge in [0.15, 0.2) is 0 Å². The van der Waals surface area contributed by atoms with Crippen molar-refractivity contribution in [2.24, 2.45) is 0 Å². The normalized spacial score (nSPS) is 13.8. The SMILES string of the molecule is O=C(Cc1ccccc1C(=O)O)Nc1ccccc1N1CCCC1. The summed E-state index contributed by atoms with van der Waals surface area (Å²) in [5, 5.41) is 12.1. The molecule has 1 amide bonds. The predicted octanol–water partition coefficient (Wildman–Crippen LogP) is 3.17. The lowest BCUT2D eigenvalue weighted by atomic mass is 10.0. The van der Waals surface area contributed by atoms with Crippen LogP contribution < -0.4 is 10.2 Å². The van der Waals surface area contributed by atoms with Gasteiger partial charge in [0.1, 0.15) is 0 Å². The number of nitrogens with one attached hydrogen (secondary N) is 1. The van der Waals surface area contributed by atoms with Gasteiger partial charge < -0.3 is 15.3 Å². The second-order valence-electron chi connectivity index (χ2n) is 5.90. The summed E-state index contributed by atoms with van der Waals surface area (Å²) < 4.78 is 0. The van der Waals surface area contributed by atoms with Crippen molar-refractivity contribution in [1.82, 2.24) is 0 Å². The summed E-state index contributed by atoms with van der Waals surface area (Å²) in [5.74, 6) is -1.23. The van der Waals surface area contributed by atoms with E-state index in [4.69, 9.17) is 0 Å². The average molecular weight is 324 g/mol.